The Kier molecular flexibility index (Phi) is 7.54. The van der Waals surface area contributed by atoms with E-state index in [4.69, 9.17) is 0 Å². The van der Waals surface area contributed by atoms with Gasteiger partial charge in [0.1, 0.15) is 18.0 Å². The van der Waals surface area contributed by atoms with Gasteiger partial charge >= 0.3 is 6.03 Å². The maximum Gasteiger partial charge on any atom is 0.334 e. The Hall–Kier alpha value is -3.20. The number of amides is 4. The fraction of sp³-hybridized carbons (Fsp3) is 0.500. The molecule has 3 aliphatic rings. The number of nitrogens with one attached hydrogen (secondary N) is 1. The van der Waals surface area contributed by atoms with Crippen LogP contribution in [0.4, 0.5) is 9.18 Å². The number of hydrogen-bond acceptors (Lipinski definition) is 4. The average Bonchev–Trinajstić information content (AvgIpc) is 2.85. The summed E-state index contributed by atoms with van der Waals surface area (Å²) < 4.78 is 13.4. The summed E-state index contributed by atoms with van der Waals surface area (Å²) in [5.41, 5.74) is 1.93. The molecule has 0 radical (unpaired) electrons. The summed E-state index contributed by atoms with van der Waals surface area (Å²) in [5.74, 6) is -0.732. The van der Waals surface area contributed by atoms with E-state index in [-0.39, 0.29) is 49.2 Å². The van der Waals surface area contributed by atoms with Gasteiger partial charge < -0.3 is 15.1 Å². The van der Waals surface area contributed by atoms with Crippen molar-refractivity contribution in [3.8, 4) is 0 Å². The Balaban J connectivity index is 1.61. The predicted octanol–water partition coefficient (Wildman–Crippen LogP) is 2.89. The standard InChI is InChI=1S/C26H34FN5O3/c1-4-18(2)24-25(34)30(15-20-10-12-21(27)13-11-20)16-22-31(24)23(33)17-29(3)32(22)26(35)28-14-19-8-6-5-7-9-19/h5-6,8,10-13,18,22,24H,4,7,9,14-17H2,1-3H3,(H,28,35)/t18?,22-,24-/m0/s1. The van der Waals surface area contributed by atoms with Crippen molar-refractivity contribution < 1.29 is 18.8 Å². The van der Waals surface area contributed by atoms with Gasteiger partial charge in [0.25, 0.3) is 0 Å². The number of likely N-dealkylation sites (N-methyl/N-ethyl adjacent to an activating group) is 1. The van der Waals surface area contributed by atoms with Crippen LogP contribution in [-0.2, 0) is 16.1 Å². The Morgan fingerprint density at radius 2 is 1.97 bits per heavy atom. The number of carbonyl (C=O) groups is 3. The van der Waals surface area contributed by atoms with E-state index in [9.17, 15) is 18.8 Å². The van der Waals surface area contributed by atoms with Crippen molar-refractivity contribution in [1.82, 2.24) is 25.1 Å². The summed E-state index contributed by atoms with van der Waals surface area (Å²) in [6, 6.07) is 5.08. The zero-order valence-corrected chi connectivity index (χ0v) is 20.6. The number of rotatable bonds is 6. The maximum absolute atomic E-state index is 13.6. The van der Waals surface area contributed by atoms with Gasteiger partial charge in [0.15, 0.2) is 0 Å². The van der Waals surface area contributed by atoms with Gasteiger partial charge in [-0.2, -0.15) is 0 Å². The SMILES string of the molecule is CCC(C)[C@H]1C(=O)N(Cc2ccc(F)cc2)C[C@H]2N1C(=O)CN(C)N2C(=O)NCC1=CC=CCC1. The van der Waals surface area contributed by atoms with Crippen LogP contribution in [0, 0.1) is 11.7 Å². The highest BCUT2D eigenvalue weighted by atomic mass is 19.1. The zero-order valence-electron chi connectivity index (χ0n) is 20.6. The molecule has 2 fully saturated rings. The summed E-state index contributed by atoms with van der Waals surface area (Å²) in [6.07, 6.45) is 8.04. The Bertz CT molecular complexity index is 1020. The minimum atomic E-state index is -0.665. The van der Waals surface area contributed by atoms with Crippen molar-refractivity contribution in [2.24, 2.45) is 5.92 Å². The highest BCUT2D eigenvalue weighted by molar-refractivity contribution is 5.91. The van der Waals surface area contributed by atoms with Gasteiger partial charge in [-0.05, 0) is 36.5 Å². The van der Waals surface area contributed by atoms with Crippen LogP contribution < -0.4 is 5.32 Å². The molecule has 4 amide bonds. The fourth-order valence-corrected chi connectivity index (χ4v) is 5.02. The van der Waals surface area contributed by atoms with Gasteiger partial charge in [-0.15, -0.1) is 0 Å². The number of fused-ring (bicyclic) bond motifs is 1. The third-order valence-electron chi connectivity index (χ3n) is 7.12. The molecule has 35 heavy (non-hydrogen) atoms. The summed E-state index contributed by atoms with van der Waals surface area (Å²) in [7, 11) is 1.72. The molecule has 4 rings (SSSR count). The number of hydrogen-bond donors (Lipinski definition) is 1. The molecule has 188 valence electrons. The molecule has 1 aromatic rings. The third-order valence-corrected chi connectivity index (χ3v) is 7.12. The largest absolute Gasteiger partial charge is 0.334 e. The third kappa shape index (κ3) is 5.24. The zero-order chi connectivity index (χ0) is 25.1. The molecule has 2 heterocycles. The quantitative estimate of drug-likeness (QED) is 0.675. The lowest BCUT2D eigenvalue weighted by Crippen LogP contribution is -2.76. The highest BCUT2D eigenvalue weighted by Gasteiger charge is 2.51. The van der Waals surface area contributed by atoms with E-state index in [0.717, 1.165) is 24.0 Å². The lowest BCUT2D eigenvalue weighted by molar-refractivity contribution is -0.190. The van der Waals surface area contributed by atoms with E-state index < -0.39 is 12.2 Å². The Labute approximate surface area is 206 Å². The molecular formula is C26H34FN5O3. The number of piperazine rings is 1. The smallest absolute Gasteiger partial charge is 0.333 e. The molecule has 2 aliphatic heterocycles. The second-order valence-corrected chi connectivity index (χ2v) is 9.57. The van der Waals surface area contributed by atoms with Crippen LogP contribution in [0.3, 0.4) is 0 Å². The molecule has 9 heteroatoms. The number of halogens is 1. The molecule has 0 saturated carbocycles. The van der Waals surface area contributed by atoms with E-state index in [2.05, 4.69) is 11.4 Å². The monoisotopic (exact) mass is 483 g/mol. The lowest BCUT2D eigenvalue weighted by atomic mass is 9.92. The van der Waals surface area contributed by atoms with Crippen LogP contribution in [-0.4, -0.2) is 76.6 Å². The van der Waals surface area contributed by atoms with Gasteiger partial charge in [-0.1, -0.05) is 56.2 Å². The summed E-state index contributed by atoms with van der Waals surface area (Å²) in [4.78, 5) is 43.5. The van der Waals surface area contributed by atoms with E-state index in [1.165, 1.54) is 12.1 Å². The second-order valence-electron chi connectivity index (χ2n) is 9.57. The van der Waals surface area contributed by atoms with Crippen LogP contribution in [0.1, 0.15) is 38.7 Å². The average molecular weight is 484 g/mol. The highest BCUT2D eigenvalue weighted by Crippen LogP contribution is 2.31. The van der Waals surface area contributed by atoms with Crippen molar-refractivity contribution in [2.75, 3.05) is 26.7 Å². The Morgan fingerprint density at radius 1 is 1.23 bits per heavy atom. The number of benzene rings is 1. The summed E-state index contributed by atoms with van der Waals surface area (Å²) >= 11 is 0. The lowest BCUT2D eigenvalue weighted by Gasteiger charge is -2.55. The molecule has 0 bridgehead atoms. The fourth-order valence-electron chi connectivity index (χ4n) is 5.02. The number of hydrazine groups is 1. The van der Waals surface area contributed by atoms with E-state index >= 15 is 0 Å². The van der Waals surface area contributed by atoms with Crippen LogP contribution >= 0.6 is 0 Å². The van der Waals surface area contributed by atoms with Gasteiger partial charge in [-0.3, -0.25) is 9.59 Å². The van der Waals surface area contributed by atoms with Crippen molar-refractivity contribution >= 4 is 17.8 Å². The normalized spacial score (nSPS) is 23.8. The van der Waals surface area contributed by atoms with E-state index in [0.29, 0.717) is 13.0 Å². The second kappa shape index (κ2) is 10.6. The number of urea groups is 1. The number of allylic oxidation sites excluding steroid dienone is 3. The minimum absolute atomic E-state index is 0.0214. The topological polar surface area (TPSA) is 76.2 Å². The molecule has 0 aromatic heterocycles. The van der Waals surface area contributed by atoms with Gasteiger partial charge in [-0.25, -0.2) is 19.2 Å². The molecule has 8 nitrogen and oxygen atoms in total. The molecule has 1 aliphatic carbocycles. The van der Waals surface area contributed by atoms with Crippen molar-refractivity contribution in [1.29, 1.82) is 0 Å². The molecular weight excluding hydrogens is 449 g/mol. The van der Waals surface area contributed by atoms with Crippen molar-refractivity contribution in [2.45, 2.75) is 51.9 Å². The first-order chi connectivity index (χ1) is 16.8. The molecule has 1 unspecified atom stereocenters. The first kappa shape index (κ1) is 24.9. The van der Waals surface area contributed by atoms with Gasteiger partial charge in [0, 0.05) is 20.1 Å². The molecule has 0 spiro atoms. The molecule has 3 atom stereocenters. The van der Waals surface area contributed by atoms with E-state index in [1.807, 2.05) is 26.0 Å². The van der Waals surface area contributed by atoms with E-state index in [1.54, 1.807) is 39.0 Å². The van der Waals surface area contributed by atoms with Gasteiger partial charge in [0.05, 0.1) is 13.1 Å². The van der Waals surface area contributed by atoms with Crippen LogP contribution in [0.2, 0.25) is 0 Å². The maximum atomic E-state index is 13.6. The molecule has 2 saturated heterocycles. The van der Waals surface area contributed by atoms with Crippen molar-refractivity contribution in [3.05, 3.63) is 59.4 Å². The minimum Gasteiger partial charge on any atom is -0.333 e. The summed E-state index contributed by atoms with van der Waals surface area (Å²) in [5, 5.41) is 6.20. The molecule has 1 N–H and O–H groups in total. The Morgan fingerprint density at radius 3 is 2.63 bits per heavy atom. The number of carbonyl (C=O) groups excluding carboxylic acids is 3. The first-order valence-corrected chi connectivity index (χ1v) is 12.3. The number of nitrogens with zero attached hydrogens (tertiary/aromatic N) is 4. The van der Waals surface area contributed by atoms with Crippen LogP contribution in [0.15, 0.2) is 48.1 Å². The van der Waals surface area contributed by atoms with Gasteiger partial charge in [0.2, 0.25) is 11.8 Å². The predicted molar refractivity (Wildman–Crippen MR) is 130 cm³/mol. The van der Waals surface area contributed by atoms with Crippen LogP contribution in [0.25, 0.3) is 0 Å². The van der Waals surface area contributed by atoms with Crippen LogP contribution in [0.5, 0.6) is 0 Å². The van der Waals surface area contributed by atoms with Crippen molar-refractivity contribution in [3.63, 3.8) is 0 Å². The summed E-state index contributed by atoms with van der Waals surface area (Å²) in [6.45, 7) is 4.86. The molecule has 1 aromatic carbocycles. The first-order valence-electron chi connectivity index (χ1n) is 12.3.